The monoisotopic (exact) mass is 408 g/mol. The quantitative estimate of drug-likeness (QED) is 0.602. The Kier molecular flexibility index (Phi) is 5.87. The van der Waals surface area contributed by atoms with Crippen molar-refractivity contribution in [1.82, 2.24) is 30.1 Å². The summed E-state index contributed by atoms with van der Waals surface area (Å²) in [4.78, 5) is 25.8. The van der Waals surface area contributed by atoms with Crippen molar-refractivity contribution in [3.63, 3.8) is 0 Å². The van der Waals surface area contributed by atoms with E-state index in [1.54, 1.807) is 6.92 Å². The first-order valence-electron chi connectivity index (χ1n) is 10.1. The molecule has 1 aromatic carbocycles. The van der Waals surface area contributed by atoms with E-state index in [4.69, 9.17) is 4.42 Å². The highest BCUT2D eigenvalue weighted by atomic mass is 16.4. The molecular formula is C21H24N6O3. The third kappa shape index (κ3) is 4.56. The molecule has 0 aliphatic heterocycles. The van der Waals surface area contributed by atoms with Crippen LogP contribution < -0.4 is 11.1 Å². The second-order valence-corrected chi connectivity index (χ2v) is 7.30. The molecule has 1 N–H and O–H groups in total. The Bertz CT molecular complexity index is 1110. The normalized spacial score (nSPS) is 13.8. The van der Waals surface area contributed by atoms with Gasteiger partial charge in [0.2, 0.25) is 5.91 Å². The molecule has 1 amide bonds. The second-order valence-electron chi connectivity index (χ2n) is 7.30. The molecule has 9 heteroatoms. The zero-order valence-corrected chi connectivity index (χ0v) is 16.9. The lowest BCUT2D eigenvalue weighted by atomic mass is 9.97. The number of carbonyl (C=O) groups excluding carboxylic acids is 1. The Balaban J connectivity index is 1.41. The van der Waals surface area contributed by atoms with E-state index in [1.165, 1.54) is 23.2 Å². The van der Waals surface area contributed by atoms with Crippen LogP contribution in [0.15, 0.2) is 51.2 Å². The lowest BCUT2D eigenvalue weighted by Crippen LogP contribution is -2.32. The van der Waals surface area contributed by atoms with Gasteiger partial charge in [0.15, 0.2) is 5.69 Å². The number of aromatic nitrogens is 5. The molecule has 2 heterocycles. The van der Waals surface area contributed by atoms with Crippen LogP contribution in [0.1, 0.15) is 37.8 Å². The van der Waals surface area contributed by atoms with Gasteiger partial charge in [-0.25, -0.2) is 4.79 Å². The molecule has 4 rings (SSSR count). The Morgan fingerprint density at radius 1 is 1.17 bits per heavy atom. The van der Waals surface area contributed by atoms with Gasteiger partial charge in [0.25, 0.3) is 5.89 Å². The van der Waals surface area contributed by atoms with Crippen LogP contribution in [0.5, 0.6) is 0 Å². The van der Waals surface area contributed by atoms with Crippen LogP contribution in [0.4, 0.5) is 0 Å². The van der Waals surface area contributed by atoms with Gasteiger partial charge in [-0.15, -0.1) is 10.2 Å². The van der Waals surface area contributed by atoms with E-state index >= 15 is 0 Å². The minimum absolute atomic E-state index is 0.0415. The first kappa shape index (κ1) is 19.8. The van der Waals surface area contributed by atoms with E-state index in [1.807, 2.05) is 30.3 Å². The average molecular weight is 408 g/mol. The minimum Gasteiger partial charge on any atom is -0.386 e. The first-order chi connectivity index (χ1) is 14.6. The van der Waals surface area contributed by atoms with E-state index < -0.39 is 5.76 Å². The summed E-state index contributed by atoms with van der Waals surface area (Å²) in [6, 6.07) is 9.40. The van der Waals surface area contributed by atoms with Crippen molar-refractivity contribution in [3.8, 4) is 17.3 Å². The number of nitrogens with one attached hydrogen (secondary N) is 1. The smallest absolute Gasteiger partial charge is 0.386 e. The number of amides is 1. The van der Waals surface area contributed by atoms with Crippen molar-refractivity contribution in [3.05, 3.63) is 58.2 Å². The Labute approximate surface area is 173 Å². The molecule has 3 aromatic rings. The lowest BCUT2D eigenvalue weighted by Gasteiger charge is -2.12. The molecular weight excluding hydrogens is 384 g/mol. The van der Waals surface area contributed by atoms with E-state index in [-0.39, 0.29) is 18.3 Å². The van der Waals surface area contributed by atoms with Gasteiger partial charge in [-0.1, -0.05) is 29.8 Å². The molecule has 0 bridgehead atoms. The first-order valence-corrected chi connectivity index (χ1v) is 10.1. The molecule has 9 nitrogen and oxygen atoms in total. The lowest BCUT2D eigenvalue weighted by molar-refractivity contribution is -0.121. The highest BCUT2D eigenvalue weighted by Gasteiger charge is 2.19. The molecule has 0 saturated carbocycles. The highest BCUT2D eigenvalue weighted by Crippen LogP contribution is 2.19. The number of para-hydroxylation sites is 1. The van der Waals surface area contributed by atoms with Crippen LogP contribution in [0.25, 0.3) is 17.3 Å². The van der Waals surface area contributed by atoms with Crippen molar-refractivity contribution in [2.45, 2.75) is 45.6 Å². The molecule has 0 unspecified atom stereocenters. The highest BCUT2D eigenvalue weighted by molar-refractivity contribution is 5.75. The third-order valence-electron chi connectivity index (χ3n) is 5.02. The second kappa shape index (κ2) is 8.89. The summed E-state index contributed by atoms with van der Waals surface area (Å²) in [6.45, 7) is 2.11. The van der Waals surface area contributed by atoms with Crippen molar-refractivity contribution in [1.29, 1.82) is 0 Å². The number of aryl methyl sites for hydroxylation is 1. The molecule has 1 aliphatic carbocycles. The summed E-state index contributed by atoms with van der Waals surface area (Å²) in [5.74, 6) is -0.943. The van der Waals surface area contributed by atoms with Gasteiger partial charge < -0.3 is 9.73 Å². The van der Waals surface area contributed by atoms with Gasteiger partial charge >= 0.3 is 5.76 Å². The fourth-order valence-corrected chi connectivity index (χ4v) is 3.44. The van der Waals surface area contributed by atoms with Crippen LogP contribution in [0, 0.1) is 6.92 Å². The summed E-state index contributed by atoms with van der Waals surface area (Å²) in [5, 5.41) is 15.7. The number of rotatable bonds is 7. The maximum Gasteiger partial charge on any atom is 0.437 e. The predicted molar refractivity (Wildman–Crippen MR) is 110 cm³/mol. The number of carbonyl (C=O) groups is 1. The van der Waals surface area contributed by atoms with Crippen molar-refractivity contribution in [2.75, 3.05) is 6.54 Å². The molecule has 0 radical (unpaired) electrons. The summed E-state index contributed by atoms with van der Waals surface area (Å²) >= 11 is 0. The summed E-state index contributed by atoms with van der Waals surface area (Å²) in [5.41, 5.74) is 3.09. The van der Waals surface area contributed by atoms with Crippen molar-refractivity contribution < 1.29 is 9.21 Å². The number of nitrogens with zero attached hydrogens (tertiary/aromatic N) is 5. The number of allylic oxidation sites excluding steroid dienone is 1. The van der Waals surface area contributed by atoms with Crippen molar-refractivity contribution in [2.24, 2.45) is 0 Å². The topological polar surface area (TPSA) is 108 Å². The molecule has 0 spiro atoms. The van der Waals surface area contributed by atoms with Gasteiger partial charge in [-0.3, -0.25) is 4.79 Å². The number of hydrogen-bond acceptors (Lipinski definition) is 6. The maximum absolute atomic E-state index is 12.2. The van der Waals surface area contributed by atoms with Crippen LogP contribution in [0.2, 0.25) is 0 Å². The number of hydrogen-bond donors (Lipinski definition) is 1. The Hall–Kier alpha value is -3.49. The summed E-state index contributed by atoms with van der Waals surface area (Å²) < 4.78 is 6.23. The average Bonchev–Trinajstić information content (AvgIpc) is 3.32. The predicted octanol–water partition coefficient (Wildman–Crippen LogP) is 2.40. The maximum atomic E-state index is 12.2. The van der Waals surface area contributed by atoms with Gasteiger partial charge in [-0.05, 0) is 51.2 Å². The van der Waals surface area contributed by atoms with Gasteiger partial charge in [0.1, 0.15) is 6.54 Å². The number of benzene rings is 1. The summed E-state index contributed by atoms with van der Waals surface area (Å²) in [7, 11) is 0. The SMILES string of the molecule is Cc1nn(-c2ccccc2)nc1-c1nn(CC(=O)NCCC2=CCCCC2)c(=O)o1. The van der Waals surface area contributed by atoms with E-state index in [0.717, 1.165) is 29.6 Å². The Morgan fingerprint density at radius 3 is 2.77 bits per heavy atom. The third-order valence-corrected chi connectivity index (χ3v) is 5.02. The molecule has 1 aliphatic rings. The zero-order chi connectivity index (χ0) is 20.9. The zero-order valence-electron chi connectivity index (χ0n) is 16.9. The fourth-order valence-electron chi connectivity index (χ4n) is 3.44. The van der Waals surface area contributed by atoms with Gasteiger partial charge in [0, 0.05) is 6.54 Å². The van der Waals surface area contributed by atoms with E-state index in [2.05, 4.69) is 26.7 Å². The van der Waals surface area contributed by atoms with Crippen LogP contribution in [-0.4, -0.2) is 37.2 Å². The van der Waals surface area contributed by atoms with Crippen LogP contribution in [0.3, 0.4) is 0 Å². The largest absolute Gasteiger partial charge is 0.437 e. The fraction of sp³-hybridized carbons (Fsp3) is 0.381. The van der Waals surface area contributed by atoms with Gasteiger partial charge in [-0.2, -0.15) is 14.6 Å². The standard InChI is InChI=1S/C21H24N6O3/c1-15-19(24-27(23-15)17-10-6-3-7-11-17)20-25-26(21(29)30-20)14-18(28)22-13-12-16-8-4-2-5-9-16/h3,6-8,10-11H,2,4-5,9,12-14H2,1H3,(H,22,28). The van der Waals surface area contributed by atoms with Crippen LogP contribution in [-0.2, 0) is 11.3 Å². The summed E-state index contributed by atoms with van der Waals surface area (Å²) in [6.07, 6.45) is 7.78. The molecule has 0 atom stereocenters. The molecule has 156 valence electrons. The molecule has 30 heavy (non-hydrogen) atoms. The molecule has 2 aromatic heterocycles. The molecule has 0 fully saturated rings. The van der Waals surface area contributed by atoms with E-state index in [9.17, 15) is 9.59 Å². The van der Waals surface area contributed by atoms with Gasteiger partial charge in [0.05, 0.1) is 11.4 Å². The van der Waals surface area contributed by atoms with Crippen molar-refractivity contribution >= 4 is 5.91 Å². The Morgan fingerprint density at radius 2 is 2.00 bits per heavy atom. The van der Waals surface area contributed by atoms with Crippen LogP contribution >= 0.6 is 0 Å². The van der Waals surface area contributed by atoms with E-state index in [0.29, 0.717) is 17.9 Å². The minimum atomic E-state index is -0.705. The molecule has 0 saturated heterocycles.